The number of nitrogens with one attached hydrogen (secondary N) is 1. The minimum Gasteiger partial charge on any atom is -0.462 e. The molecule has 0 atom stereocenters. The first-order chi connectivity index (χ1) is 58.8. The number of hydrogen-bond donors (Lipinski definition) is 2. The number of aliphatic hydroxyl groups excluding tert-OH is 1. The quantitative estimate of drug-likeness (QED) is 0.00680. The van der Waals surface area contributed by atoms with Gasteiger partial charge >= 0.3 is 32.4 Å². The Bertz CT molecular complexity index is 3880. The third-order valence-corrected chi connectivity index (χ3v) is 19.2. The van der Waals surface area contributed by atoms with Crippen molar-refractivity contribution in [1.82, 2.24) is 69.8 Å². The second-order valence-electron chi connectivity index (χ2n) is 24.3. The van der Waals surface area contributed by atoms with Crippen molar-refractivity contribution in [3.63, 3.8) is 0 Å². The molecule has 0 spiro atoms. The molecule has 0 saturated heterocycles. The van der Waals surface area contributed by atoms with Crippen LogP contribution in [0.15, 0.2) is 198 Å². The summed E-state index contributed by atoms with van der Waals surface area (Å²) in [5, 5.41) is 9.62. The third kappa shape index (κ3) is 47.4. The molecule has 0 aromatic carbocycles. The monoisotopic (exact) mass is 1820 g/mol. The lowest BCUT2D eigenvalue weighted by atomic mass is 10.3. The largest absolute Gasteiger partial charge is 0.500 e. The number of esters is 3. The molecule has 37 heteroatoms. The Morgan fingerprint density at radius 3 is 1.02 bits per heavy atom. The van der Waals surface area contributed by atoms with Crippen LogP contribution in [0.4, 0.5) is 29.7 Å². The zero-order valence-corrected chi connectivity index (χ0v) is 75.8. The molecule has 0 amide bonds. The number of rotatable bonds is 52. The van der Waals surface area contributed by atoms with Gasteiger partial charge in [0.1, 0.15) is 0 Å². The summed E-state index contributed by atoms with van der Waals surface area (Å²) in [6.07, 6.45) is 39.7. The van der Waals surface area contributed by atoms with Crippen LogP contribution in [0.5, 0.6) is 0 Å². The molecule has 0 saturated carbocycles. The highest BCUT2D eigenvalue weighted by molar-refractivity contribution is 9.10. The summed E-state index contributed by atoms with van der Waals surface area (Å²) in [6, 6.07) is 0.788. The van der Waals surface area contributed by atoms with Crippen molar-refractivity contribution in [3.8, 4) is 0 Å². The maximum atomic E-state index is 11.4. The molecule has 0 fully saturated rings. The van der Waals surface area contributed by atoms with Gasteiger partial charge < -0.3 is 81.0 Å². The van der Waals surface area contributed by atoms with Crippen molar-refractivity contribution in [2.24, 2.45) is 0 Å². The van der Waals surface area contributed by atoms with Crippen molar-refractivity contribution in [3.05, 3.63) is 242 Å². The number of H-pyrrole nitrogens is 1. The molecule has 0 unspecified atom stereocenters. The van der Waals surface area contributed by atoms with E-state index in [-0.39, 0.29) is 12.2 Å². The number of hydrogen-bond acceptors (Lipinski definition) is 33. The van der Waals surface area contributed by atoms with Gasteiger partial charge in [-0.25, -0.2) is 84.0 Å². The summed E-state index contributed by atoms with van der Waals surface area (Å²) in [4.78, 5) is 110. The summed E-state index contributed by atoms with van der Waals surface area (Å²) in [5.41, 5.74) is 4.14. The van der Waals surface area contributed by atoms with Gasteiger partial charge in [0.25, 0.3) is 0 Å². The number of aromatic nitrogens is 14. The Morgan fingerprint density at radius 1 is 0.413 bits per heavy atom. The topological polar surface area (TPSA) is 380 Å². The molecule has 7 rings (SSSR count). The summed E-state index contributed by atoms with van der Waals surface area (Å²) < 4.78 is 53.5. The van der Waals surface area contributed by atoms with Crippen molar-refractivity contribution in [2.45, 2.75) is 98.9 Å². The fourth-order valence-electron chi connectivity index (χ4n) is 9.46. The van der Waals surface area contributed by atoms with Crippen LogP contribution >= 0.6 is 31.9 Å². The van der Waals surface area contributed by atoms with Gasteiger partial charge in [-0.15, -0.1) is 52.6 Å². The number of alkyl halides is 1. The van der Waals surface area contributed by atoms with Gasteiger partial charge in [-0.1, -0.05) is 77.9 Å². The van der Waals surface area contributed by atoms with Gasteiger partial charge in [0.15, 0.2) is 4.73 Å². The zero-order chi connectivity index (χ0) is 89.5. The van der Waals surface area contributed by atoms with Crippen LogP contribution in [0.25, 0.3) is 0 Å². The zero-order valence-electron chi connectivity index (χ0n) is 71.6. The van der Waals surface area contributed by atoms with Gasteiger partial charge in [0.05, 0.1) is 82.8 Å². The molecular weight excluding hydrogens is 1700 g/mol. The van der Waals surface area contributed by atoms with E-state index in [1.54, 1.807) is 84.1 Å². The smallest absolute Gasteiger partial charge is 0.462 e. The number of unbranched alkanes of at least 4 members (excludes halogenated alkanes) is 1. The Hall–Kier alpha value is -10.5. The van der Waals surface area contributed by atoms with Gasteiger partial charge in [0, 0.05) is 214 Å². The number of carbonyl (C=O) groups is 3. The van der Waals surface area contributed by atoms with E-state index in [1.807, 2.05) is 89.5 Å². The Kier molecular flexibility index (Phi) is 63.0. The molecular formula is C84H123Br2N19O15Si. The minimum absolute atomic E-state index is 0.0385. The van der Waals surface area contributed by atoms with Crippen molar-refractivity contribution in [2.75, 3.05) is 170 Å². The lowest BCUT2D eigenvalue weighted by Crippen LogP contribution is -2.46. The minimum atomic E-state index is -2.62. The van der Waals surface area contributed by atoms with Crippen molar-refractivity contribution >= 4 is 88.3 Å². The molecule has 0 bridgehead atoms. The standard InChI is InChI=1S/C21H41N3O5Si.C14H21N3O2.C13H17N3O2.C11H14BrN3.C11H15N3O.C7H7BrN2O2.C7H8N2O3/c1-6-10-12-24(13-11-16-30(27-7-2,28-8-3)29-9-4)21-22-17-20(18-23-21)19-26-15-14-25-5;1-4-6-17(7-5-2)14-15-10-13(11-16-14)12-19-9-8-18-3;1-4-7-16(8-5-2)13-14-9-11(10-15-13)12(17)18-6-3;1-3-5-15(6-4-2)11-13-8-10(7-12)9-14-11;1-3-5-14(6-4-2)11-12-7-10(9-15)8-13-11;1-2-12-6(11)5-3-9-7(8)10-4-5;1-2-12-6(10)5-3-8-7(11)9-4-5/h17-18H,6-16,19H2,1-5H3;4-5,10-11H,1-2,6-9,12H2,3H3;4-5,9-10H,1-2,6-8H2,3H3;3-4,8-9H,1-2,5-7H2;3-4,7-8,15H,1-2,5-6,9H2;3-4H,2H2,1H3;3-4H,2H2,1H3,(H,8,9,11). The molecule has 7 heterocycles. The predicted octanol–water partition coefficient (Wildman–Crippen LogP) is 12.4. The van der Waals surface area contributed by atoms with Crippen molar-refractivity contribution in [1.29, 1.82) is 0 Å². The van der Waals surface area contributed by atoms with Crippen LogP contribution in [-0.2, 0) is 71.6 Å². The van der Waals surface area contributed by atoms with Crippen LogP contribution in [0, 0.1) is 0 Å². The Labute approximate surface area is 731 Å². The highest BCUT2D eigenvalue weighted by atomic mass is 79.9. The molecule has 0 radical (unpaired) electrons. The molecule has 7 aromatic heterocycles. The lowest BCUT2D eigenvalue weighted by molar-refractivity contribution is 0.0515. The first-order valence-corrected chi connectivity index (χ1v) is 43.1. The van der Waals surface area contributed by atoms with Crippen LogP contribution < -0.4 is 30.2 Å². The fraction of sp³-hybridized carbons (Fsp3) is 0.440. The number of anilines is 5. The summed E-state index contributed by atoms with van der Waals surface area (Å²) in [7, 11) is 0.691. The Morgan fingerprint density at radius 2 is 0.719 bits per heavy atom. The molecule has 2 N–H and O–H groups in total. The van der Waals surface area contributed by atoms with E-state index in [0.717, 1.165) is 79.5 Å². The van der Waals surface area contributed by atoms with Gasteiger partial charge in [-0.05, 0) is 75.9 Å². The van der Waals surface area contributed by atoms with Crippen molar-refractivity contribution < 1.29 is 65.9 Å². The van der Waals surface area contributed by atoms with Gasteiger partial charge in [-0.2, -0.15) is 0 Å². The van der Waals surface area contributed by atoms with Crippen LogP contribution in [-0.4, -0.2) is 247 Å². The van der Waals surface area contributed by atoms with E-state index >= 15 is 0 Å². The summed E-state index contributed by atoms with van der Waals surface area (Å²) >= 11 is 6.41. The van der Waals surface area contributed by atoms with Gasteiger partial charge in [0.2, 0.25) is 29.7 Å². The van der Waals surface area contributed by atoms with E-state index in [1.165, 1.54) is 37.2 Å². The van der Waals surface area contributed by atoms with Crippen LogP contribution in [0.3, 0.4) is 0 Å². The first-order valence-electron chi connectivity index (χ1n) is 39.2. The molecule has 121 heavy (non-hydrogen) atoms. The Balaban J connectivity index is 0.000000722. The SMILES string of the molecule is C=CCN(CC=C)c1ncc(C(=O)OCC)cn1.C=CCN(CC=C)c1ncc(CBr)cn1.C=CCN(CC=C)c1ncc(CO)cn1.C=CCN(CC=C)c1ncc(COCCOC)cn1.CCCCN(CCC[Si](OCC)(OCC)OCC)c1ncc(COCCOC)cn1.CCOC(=O)c1cnc(=O)[nH]c1.CCOC(=O)c1cnc(Br)nc1. The van der Waals surface area contributed by atoms with Crippen LogP contribution in [0.1, 0.15) is 121 Å². The maximum Gasteiger partial charge on any atom is 0.500 e. The highest BCUT2D eigenvalue weighted by Gasteiger charge is 2.40. The molecule has 0 aliphatic carbocycles. The third-order valence-electron chi connectivity index (χ3n) is 15.0. The van der Waals surface area contributed by atoms with E-state index < -0.39 is 32.4 Å². The molecule has 0 aliphatic heterocycles. The maximum absolute atomic E-state index is 11.4. The average molecular weight is 1830 g/mol. The second kappa shape index (κ2) is 70.3. The number of ether oxygens (including phenoxy) is 7. The highest BCUT2D eigenvalue weighted by Crippen LogP contribution is 2.21. The van der Waals surface area contributed by atoms with Crippen LogP contribution in [0.2, 0.25) is 6.04 Å². The molecule has 0 aliphatic rings. The number of aromatic amines is 1. The molecule has 34 nitrogen and oxygen atoms in total. The molecule has 662 valence electrons. The normalized spacial score (nSPS) is 10.2. The second-order valence-corrected chi connectivity index (χ2v) is 28.3. The van der Waals surface area contributed by atoms with E-state index in [9.17, 15) is 19.2 Å². The number of carbonyl (C=O) groups excluding carboxylic acids is 3. The van der Waals surface area contributed by atoms with Gasteiger partial charge in [-0.3, -0.25) is 0 Å². The fourth-order valence-corrected chi connectivity index (χ4v) is 12.5. The summed E-state index contributed by atoms with van der Waals surface area (Å²) in [6.45, 7) is 56.1. The number of aliphatic hydroxyl groups is 1. The summed E-state index contributed by atoms with van der Waals surface area (Å²) in [5.74, 6) is 1.98. The van der Waals surface area contributed by atoms with E-state index in [4.69, 9.17) is 46.8 Å². The number of nitrogens with zero attached hydrogens (tertiary/aromatic N) is 18. The lowest BCUT2D eigenvalue weighted by Gasteiger charge is -2.29. The van der Waals surface area contributed by atoms with E-state index in [0.29, 0.717) is 164 Å². The first kappa shape index (κ1) is 109. The van der Waals surface area contributed by atoms with E-state index in [2.05, 4.69) is 171 Å². The average Bonchev–Trinajstić information content (AvgIpc) is 0.852. The number of halogens is 2. The molecule has 7 aromatic rings. The number of methoxy groups -OCH3 is 2. The predicted molar refractivity (Wildman–Crippen MR) is 482 cm³/mol.